The number of hydrogen-bond donors (Lipinski definition) is 1. The fourth-order valence-corrected chi connectivity index (χ4v) is 3.76. The highest BCUT2D eigenvalue weighted by Crippen LogP contribution is 2.38. The van der Waals surface area contributed by atoms with E-state index in [2.05, 4.69) is 32.7 Å². The maximum atomic E-state index is 12.6. The van der Waals surface area contributed by atoms with Crippen LogP contribution in [-0.4, -0.2) is 49.2 Å². The van der Waals surface area contributed by atoms with Crippen molar-refractivity contribution in [2.45, 2.75) is 51.0 Å². The van der Waals surface area contributed by atoms with Crippen LogP contribution in [0.2, 0.25) is 0 Å². The first-order valence-corrected chi connectivity index (χ1v) is 10.6. The molecule has 2 amide bonds. The summed E-state index contributed by atoms with van der Waals surface area (Å²) in [5, 5.41) is 15.5. The van der Waals surface area contributed by atoms with Crippen molar-refractivity contribution in [2.24, 2.45) is 0 Å². The zero-order valence-electron chi connectivity index (χ0n) is 17.0. The molecule has 0 atom stereocenters. The molecule has 1 N–H and O–H groups in total. The number of carbonyl (C=O) groups is 1. The number of aryl methyl sites for hydroxylation is 1. The zero-order valence-corrected chi connectivity index (χ0v) is 17.0. The summed E-state index contributed by atoms with van der Waals surface area (Å²) < 4.78 is 7.19. The molecule has 1 aliphatic carbocycles. The highest BCUT2D eigenvalue weighted by molar-refractivity contribution is 5.89. The predicted octanol–water partition coefficient (Wildman–Crippen LogP) is 3.64. The number of aromatic nitrogens is 5. The fourth-order valence-electron chi connectivity index (χ4n) is 3.76. The molecule has 2 aliphatic rings. The molecule has 9 nitrogen and oxygen atoms in total. The van der Waals surface area contributed by atoms with E-state index in [4.69, 9.17) is 4.52 Å². The normalized spacial score (nSPS) is 17.3. The van der Waals surface area contributed by atoms with Gasteiger partial charge in [-0.2, -0.15) is 4.98 Å². The molecular weight excluding hydrogens is 382 g/mol. The van der Waals surface area contributed by atoms with E-state index in [0.717, 1.165) is 43.6 Å². The molecule has 0 radical (unpaired) electrons. The minimum atomic E-state index is -0.0598. The van der Waals surface area contributed by atoms with E-state index < -0.39 is 0 Å². The second-order valence-electron chi connectivity index (χ2n) is 8.01. The number of benzene rings is 1. The van der Waals surface area contributed by atoms with Crippen molar-refractivity contribution in [3.05, 3.63) is 41.9 Å². The Kier molecular flexibility index (Phi) is 4.94. The second kappa shape index (κ2) is 7.89. The Morgan fingerprint density at radius 3 is 2.63 bits per heavy atom. The van der Waals surface area contributed by atoms with Crippen LogP contribution in [0, 0.1) is 0 Å². The topological polar surface area (TPSA) is 102 Å². The van der Waals surface area contributed by atoms with Gasteiger partial charge in [0.15, 0.2) is 11.5 Å². The van der Waals surface area contributed by atoms with Crippen molar-refractivity contribution in [1.29, 1.82) is 0 Å². The number of hydrogen-bond acceptors (Lipinski definition) is 6. The van der Waals surface area contributed by atoms with E-state index in [1.165, 1.54) is 5.56 Å². The average molecular weight is 407 g/mol. The molecule has 9 heteroatoms. The average Bonchev–Trinajstić information content (AvgIpc) is 3.31. The van der Waals surface area contributed by atoms with E-state index in [0.29, 0.717) is 30.6 Å². The number of amides is 2. The van der Waals surface area contributed by atoms with E-state index in [9.17, 15) is 4.79 Å². The minimum absolute atomic E-state index is 0.0598. The molecule has 1 aromatic carbocycles. The molecule has 0 spiro atoms. The number of urea groups is 1. The number of likely N-dealkylation sites (tertiary alicyclic amines) is 1. The summed E-state index contributed by atoms with van der Waals surface area (Å²) in [4.78, 5) is 18.9. The molecule has 1 saturated carbocycles. The number of anilines is 1. The van der Waals surface area contributed by atoms with Crippen LogP contribution >= 0.6 is 0 Å². The minimum Gasteiger partial charge on any atom is -0.332 e. The maximum Gasteiger partial charge on any atom is 0.321 e. The maximum absolute atomic E-state index is 12.6. The van der Waals surface area contributed by atoms with Gasteiger partial charge >= 0.3 is 6.03 Å². The van der Waals surface area contributed by atoms with Crippen LogP contribution in [0.25, 0.3) is 11.6 Å². The Morgan fingerprint density at radius 1 is 1.17 bits per heavy atom. The molecule has 0 unspecified atom stereocenters. The van der Waals surface area contributed by atoms with Crippen LogP contribution < -0.4 is 5.32 Å². The van der Waals surface area contributed by atoms with Crippen molar-refractivity contribution in [3.8, 4) is 11.6 Å². The Labute approximate surface area is 174 Å². The molecule has 3 heterocycles. The van der Waals surface area contributed by atoms with E-state index in [-0.39, 0.29) is 12.1 Å². The Bertz CT molecular complexity index is 1010. The lowest BCUT2D eigenvalue weighted by Gasteiger charge is -2.31. The SMILES string of the molecule is CCc1ccc(NC(=O)N2CCC(n3cc(-c4nc(C5CC5)no4)nn3)CC2)cc1. The molecule has 1 aliphatic heterocycles. The molecule has 3 aromatic rings. The number of piperidine rings is 1. The van der Waals surface area contributed by atoms with E-state index in [1.54, 1.807) is 0 Å². The largest absolute Gasteiger partial charge is 0.332 e. The number of carbonyl (C=O) groups excluding carboxylic acids is 1. The van der Waals surface area contributed by atoms with Crippen LogP contribution in [0.4, 0.5) is 10.5 Å². The second-order valence-corrected chi connectivity index (χ2v) is 8.01. The molecule has 5 rings (SSSR count). The van der Waals surface area contributed by atoms with Gasteiger partial charge in [-0.1, -0.05) is 29.4 Å². The van der Waals surface area contributed by atoms with Gasteiger partial charge in [-0.3, -0.25) is 0 Å². The monoisotopic (exact) mass is 407 g/mol. The van der Waals surface area contributed by atoms with Crippen LogP contribution in [0.15, 0.2) is 35.0 Å². The van der Waals surface area contributed by atoms with Crippen molar-refractivity contribution in [3.63, 3.8) is 0 Å². The predicted molar refractivity (Wildman–Crippen MR) is 110 cm³/mol. The van der Waals surface area contributed by atoms with E-state index >= 15 is 0 Å². The quantitative estimate of drug-likeness (QED) is 0.693. The van der Waals surface area contributed by atoms with Gasteiger partial charge in [-0.05, 0) is 49.8 Å². The molecule has 0 bridgehead atoms. The summed E-state index contributed by atoms with van der Waals surface area (Å²) in [6.07, 6.45) is 6.74. The third kappa shape index (κ3) is 3.92. The number of rotatable bonds is 5. The molecule has 30 heavy (non-hydrogen) atoms. The zero-order chi connectivity index (χ0) is 20.5. The summed E-state index contributed by atoms with van der Waals surface area (Å²) in [6.45, 7) is 3.46. The molecule has 1 saturated heterocycles. The molecule has 2 fully saturated rings. The van der Waals surface area contributed by atoms with Crippen molar-refractivity contribution < 1.29 is 9.32 Å². The van der Waals surface area contributed by atoms with Gasteiger partial charge < -0.3 is 14.7 Å². The molecular formula is C21H25N7O2. The molecule has 2 aromatic heterocycles. The number of nitrogens with one attached hydrogen (secondary N) is 1. The highest BCUT2D eigenvalue weighted by atomic mass is 16.5. The first-order valence-electron chi connectivity index (χ1n) is 10.6. The highest BCUT2D eigenvalue weighted by Gasteiger charge is 2.30. The molecule has 156 valence electrons. The van der Waals surface area contributed by atoms with Crippen molar-refractivity contribution in [1.82, 2.24) is 30.0 Å². The van der Waals surface area contributed by atoms with Crippen LogP contribution in [-0.2, 0) is 6.42 Å². The van der Waals surface area contributed by atoms with Gasteiger partial charge in [0.05, 0.1) is 12.2 Å². The Hall–Kier alpha value is -3.23. The van der Waals surface area contributed by atoms with Crippen molar-refractivity contribution >= 4 is 11.7 Å². The summed E-state index contributed by atoms with van der Waals surface area (Å²) >= 11 is 0. The standard InChI is InChI=1S/C21H25N7O2/c1-2-14-3-7-16(8-4-14)22-21(29)27-11-9-17(10-12-27)28-13-18(24-26-28)20-23-19(25-30-20)15-5-6-15/h3-4,7-8,13,15,17H,2,5-6,9-12H2,1H3,(H,22,29). The summed E-state index contributed by atoms with van der Waals surface area (Å²) in [6, 6.07) is 8.13. The lowest BCUT2D eigenvalue weighted by atomic mass is 10.1. The summed E-state index contributed by atoms with van der Waals surface area (Å²) in [5.74, 6) is 1.63. The lowest BCUT2D eigenvalue weighted by Crippen LogP contribution is -2.41. The van der Waals surface area contributed by atoms with Gasteiger partial charge in [-0.25, -0.2) is 9.48 Å². The van der Waals surface area contributed by atoms with Gasteiger partial charge in [0.25, 0.3) is 5.89 Å². The fraction of sp³-hybridized carbons (Fsp3) is 0.476. The first-order chi connectivity index (χ1) is 14.7. The first kappa shape index (κ1) is 18.8. The van der Waals surface area contributed by atoms with Gasteiger partial charge in [0.1, 0.15) is 0 Å². The lowest BCUT2D eigenvalue weighted by molar-refractivity contribution is 0.179. The van der Waals surface area contributed by atoms with Gasteiger partial charge in [0.2, 0.25) is 0 Å². The van der Waals surface area contributed by atoms with E-state index in [1.807, 2.05) is 40.0 Å². The smallest absolute Gasteiger partial charge is 0.321 e. The van der Waals surface area contributed by atoms with Crippen LogP contribution in [0.5, 0.6) is 0 Å². The van der Waals surface area contributed by atoms with Gasteiger partial charge in [0, 0.05) is 24.7 Å². The Balaban J connectivity index is 1.16. The third-order valence-corrected chi connectivity index (χ3v) is 5.85. The van der Waals surface area contributed by atoms with Crippen molar-refractivity contribution in [2.75, 3.05) is 18.4 Å². The number of nitrogens with zero attached hydrogens (tertiary/aromatic N) is 6. The van der Waals surface area contributed by atoms with Gasteiger partial charge in [-0.15, -0.1) is 5.10 Å². The summed E-state index contributed by atoms with van der Waals surface area (Å²) in [7, 11) is 0. The van der Waals surface area contributed by atoms with Crippen LogP contribution in [0.1, 0.15) is 56.0 Å². The summed E-state index contributed by atoms with van der Waals surface area (Å²) in [5.41, 5.74) is 2.68. The Morgan fingerprint density at radius 2 is 1.93 bits per heavy atom. The third-order valence-electron chi connectivity index (χ3n) is 5.85. The van der Waals surface area contributed by atoms with Crippen LogP contribution in [0.3, 0.4) is 0 Å².